The van der Waals surface area contributed by atoms with Gasteiger partial charge in [-0.1, -0.05) is 0 Å². The number of benzene rings is 1. The minimum atomic E-state index is -1.46. The molecule has 1 aromatic heterocycles. The summed E-state index contributed by atoms with van der Waals surface area (Å²) in [5, 5.41) is 24.3. The Morgan fingerprint density at radius 3 is 2.51 bits per heavy atom. The number of hydrogen-bond donors (Lipinski definition) is 3. The third-order valence-corrected chi connectivity index (χ3v) is 5.89. The number of alkyl carbamates (subject to hydrolysis) is 1. The van der Waals surface area contributed by atoms with Crippen molar-refractivity contribution in [3.63, 3.8) is 0 Å². The molecule has 0 saturated carbocycles. The van der Waals surface area contributed by atoms with Gasteiger partial charge in [0.15, 0.2) is 17.8 Å². The molecule has 2 heterocycles. The van der Waals surface area contributed by atoms with Crippen LogP contribution in [-0.2, 0) is 18.9 Å². The SMILES string of the molecule is CCOC(=O)c1c(O)c2ccc(O[C@@H]3OC(C)(C)[C@H](OC)[C@@H](OC(=O)NC(C)C)[C@H]3O)c(C)c2oc1=O. The normalized spacial score (nSPS) is 23.1. The zero-order valence-electron chi connectivity index (χ0n) is 21.8. The van der Waals surface area contributed by atoms with Gasteiger partial charge in [0, 0.05) is 18.7 Å². The number of aliphatic hydroxyl groups excluding tert-OH is 1. The molecule has 1 fully saturated rings. The number of ether oxygens (including phenoxy) is 5. The Bertz CT molecular complexity index is 1220. The van der Waals surface area contributed by atoms with Crippen molar-refractivity contribution in [2.24, 2.45) is 0 Å². The van der Waals surface area contributed by atoms with E-state index in [0.29, 0.717) is 0 Å². The number of aliphatic hydroxyl groups is 1. The molecule has 37 heavy (non-hydrogen) atoms. The van der Waals surface area contributed by atoms with Gasteiger partial charge >= 0.3 is 17.7 Å². The highest BCUT2D eigenvalue weighted by atomic mass is 16.7. The molecule has 0 bridgehead atoms. The first-order valence-electron chi connectivity index (χ1n) is 11.8. The van der Waals surface area contributed by atoms with Crippen molar-refractivity contribution in [1.82, 2.24) is 5.32 Å². The number of amides is 1. The second-order valence-electron chi connectivity index (χ2n) is 9.42. The van der Waals surface area contributed by atoms with Crippen LogP contribution in [0, 0.1) is 6.92 Å². The average molecular weight is 524 g/mol. The largest absolute Gasteiger partial charge is 0.506 e. The average Bonchev–Trinajstić information content (AvgIpc) is 2.78. The van der Waals surface area contributed by atoms with E-state index in [1.807, 2.05) is 0 Å². The molecule has 0 aliphatic carbocycles. The summed E-state index contributed by atoms with van der Waals surface area (Å²) in [6, 6.07) is 2.65. The minimum absolute atomic E-state index is 0.00931. The second-order valence-corrected chi connectivity index (χ2v) is 9.42. The number of fused-ring (bicyclic) bond motifs is 1. The predicted octanol–water partition coefficient (Wildman–Crippen LogP) is 2.38. The van der Waals surface area contributed by atoms with Crippen molar-refractivity contribution in [3.05, 3.63) is 33.7 Å². The van der Waals surface area contributed by atoms with Crippen LogP contribution in [0.2, 0.25) is 0 Å². The summed E-state index contributed by atoms with van der Waals surface area (Å²) in [5.41, 5.74) is -2.48. The molecule has 12 heteroatoms. The van der Waals surface area contributed by atoms with E-state index >= 15 is 0 Å². The maximum Gasteiger partial charge on any atom is 0.407 e. The number of methoxy groups -OCH3 is 1. The topological polar surface area (TPSA) is 163 Å². The standard InChI is InChI=1S/C25H33NO11/c1-8-33-21(29)15-16(27)13-9-10-14(12(4)18(13)35-22(15)30)34-23-17(28)19(36-24(31)26-11(2)3)20(32-7)25(5,6)37-23/h9-11,17,19-20,23,27-28H,8H2,1-7H3,(H,26,31)/t17-,19+,20-,23-/m1/s1. The number of hydrogen-bond acceptors (Lipinski definition) is 11. The van der Waals surface area contributed by atoms with E-state index in [9.17, 15) is 24.6 Å². The molecule has 1 amide bonds. The Hall–Kier alpha value is -3.35. The fraction of sp³-hybridized carbons (Fsp3) is 0.560. The first-order valence-corrected chi connectivity index (χ1v) is 11.8. The lowest BCUT2D eigenvalue weighted by atomic mass is 9.89. The second kappa shape index (κ2) is 11.0. The number of aromatic hydroxyl groups is 1. The van der Waals surface area contributed by atoms with Gasteiger partial charge in [-0.05, 0) is 53.7 Å². The molecule has 204 valence electrons. The Labute approximate surface area is 213 Å². The van der Waals surface area contributed by atoms with Crippen LogP contribution in [0.25, 0.3) is 11.0 Å². The van der Waals surface area contributed by atoms with Crippen LogP contribution < -0.4 is 15.7 Å². The van der Waals surface area contributed by atoms with Crippen molar-refractivity contribution < 1.29 is 47.9 Å². The number of carbonyl (C=O) groups is 2. The van der Waals surface area contributed by atoms with Crippen molar-refractivity contribution >= 4 is 23.0 Å². The van der Waals surface area contributed by atoms with Crippen molar-refractivity contribution in [2.45, 2.75) is 77.8 Å². The van der Waals surface area contributed by atoms with E-state index in [1.54, 1.807) is 41.5 Å². The van der Waals surface area contributed by atoms with Crippen LogP contribution >= 0.6 is 0 Å². The highest BCUT2D eigenvalue weighted by Gasteiger charge is 2.53. The van der Waals surface area contributed by atoms with Gasteiger partial charge in [0.1, 0.15) is 23.2 Å². The fourth-order valence-corrected chi connectivity index (χ4v) is 4.20. The molecular formula is C25H33NO11. The third-order valence-electron chi connectivity index (χ3n) is 5.89. The molecule has 1 saturated heterocycles. The summed E-state index contributed by atoms with van der Waals surface area (Å²) in [6.45, 7) is 10.1. The molecule has 3 rings (SSSR count). The van der Waals surface area contributed by atoms with Gasteiger partial charge in [-0.15, -0.1) is 0 Å². The quantitative estimate of drug-likeness (QED) is 0.361. The Kier molecular flexibility index (Phi) is 8.35. The third kappa shape index (κ3) is 5.65. The van der Waals surface area contributed by atoms with Crippen LogP contribution in [0.3, 0.4) is 0 Å². The summed E-state index contributed by atoms with van der Waals surface area (Å²) in [5.74, 6) is -1.43. The number of esters is 1. The summed E-state index contributed by atoms with van der Waals surface area (Å²) in [7, 11) is 1.41. The van der Waals surface area contributed by atoms with Gasteiger partial charge in [-0.2, -0.15) is 0 Å². The highest BCUT2D eigenvalue weighted by Crippen LogP contribution is 2.37. The molecule has 0 unspecified atom stereocenters. The summed E-state index contributed by atoms with van der Waals surface area (Å²) >= 11 is 0. The van der Waals surface area contributed by atoms with E-state index in [4.69, 9.17) is 28.1 Å². The van der Waals surface area contributed by atoms with E-state index < -0.39 is 59.2 Å². The molecule has 2 aromatic rings. The Balaban J connectivity index is 1.97. The summed E-state index contributed by atoms with van der Waals surface area (Å²) in [4.78, 5) is 36.9. The summed E-state index contributed by atoms with van der Waals surface area (Å²) < 4.78 is 33.0. The van der Waals surface area contributed by atoms with Crippen molar-refractivity contribution in [2.75, 3.05) is 13.7 Å². The first kappa shape index (κ1) is 28.2. The zero-order valence-corrected chi connectivity index (χ0v) is 21.8. The fourth-order valence-electron chi connectivity index (χ4n) is 4.20. The van der Waals surface area contributed by atoms with Gasteiger partial charge in [-0.3, -0.25) is 0 Å². The smallest absolute Gasteiger partial charge is 0.407 e. The molecule has 12 nitrogen and oxygen atoms in total. The van der Waals surface area contributed by atoms with Gasteiger partial charge in [0.05, 0.1) is 17.6 Å². The van der Waals surface area contributed by atoms with Gasteiger partial charge in [-0.25, -0.2) is 14.4 Å². The van der Waals surface area contributed by atoms with Gasteiger partial charge in [0.2, 0.25) is 6.29 Å². The van der Waals surface area contributed by atoms with Crippen LogP contribution in [0.4, 0.5) is 4.79 Å². The minimum Gasteiger partial charge on any atom is -0.506 e. The number of carbonyl (C=O) groups excluding carboxylic acids is 2. The lowest BCUT2D eigenvalue weighted by Crippen LogP contribution is -2.65. The number of nitrogens with one attached hydrogen (secondary N) is 1. The molecule has 4 atom stereocenters. The van der Waals surface area contributed by atoms with Crippen LogP contribution in [0.5, 0.6) is 11.5 Å². The van der Waals surface area contributed by atoms with Crippen LogP contribution in [0.1, 0.15) is 50.5 Å². The van der Waals surface area contributed by atoms with E-state index in [0.717, 1.165) is 0 Å². The molecular weight excluding hydrogens is 490 g/mol. The molecule has 1 aliphatic heterocycles. The van der Waals surface area contributed by atoms with Crippen molar-refractivity contribution in [1.29, 1.82) is 0 Å². The van der Waals surface area contributed by atoms with E-state index in [-0.39, 0.29) is 34.9 Å². The highest BCUT2D eigenvalue weighted by molar-refractivity contribution is 5.99. The van der Waals surface area contributed by atoms with E-state index in [1.165, 1.54) is 19.2 Å². The molecule has 0 radical (unpaired) electrons. The lowest BCUT2D eigenvalue weighted by molar-refractivity contribution is -0.305. The van der Waals surface area contributed by atoms with Gasteiger partial charge < -0.3 is 43.6 Å². The van der Waals surface area contributed by atoms with Crippen LogP contribution in [-0.4, -0.2) is 72.2 Å². The van der Waals surface area contributed by atoms with E-state index in [2.05, 4.69) is 5.32 Å². The molecule has 0 spiro atoms. The maximum absolute atomic E-state index is 12.5. The van der Waals surface area contributed by atoms with Crippen LogP contribution in [0.15, 0.2) is 21.3 Å². The van der Waals surface area contributed by atoms with Crippen molar-refractivity contribution in [3.8, 4) is 11.5 Å². The Morgan fingerprint density at radius 1 is 1.24 bits per heavy atom. The Morgan fingerprint density at radius 2 is 1.92 bits per heavy atom. The molecule has 3 N–H and O–H groups in total. The monoisotopic (exact) mass is 523 g/mol. The maximum atomic E-state index is 12.5. The van der Waals surface area contributed by atoms with Gasteiger partial charge in [0.25, 0.3) is 0 Å². The molecule has 1 aromatic carbocycles. The predicted molar refractivity (Wildman–Crippen MR) is 130 cm³/mol. The first-order chi connectivity index (χ1) is 17.3. The lowest BCUT2D eigenvalue weighted by Gasteiger charge is -2.47. The zero-order chi connectivity index (χ0) is 27.7. The summed E-state index contributed by atoms with van der Waals surface area (Å²) in [6.07, 6.45) is -5.48. The number of rotatable bonds is 7. The molecule has 1 aliphatic rings. The number of aryl methyl sites for hydroxylation is 1.